The normalized spacial score (nSPS) is 19.5. The Bertz CT molecular complexity index is 1850. The van der Waals surface area contributed by atoms with E-state index in [0.717, 1.165) is 53.4 Å². The van der Waals surface area contributed by atoms with E-state index in [2.05, 4.69) is 46.8 Å². The van der Waals surface area contributed by atoms with Gasteiger partial charge in [0.15, 0.2) is 16.6 Å². The molecule has 3 atom stereocenters. The Hall–Kier alpha value is -4.83. The first kappa shape index (κ1) is 29.9. The van der Waals surface area contributed by atoms with Gasteiger partial charge in [-0.15, -0.1) is 0 Å². The first-order valence-corrected chi connectivity index (χ1v) is 16.1. The number of benzene rings is 3. The molecule has 3 aliphatic rings. The highest BCUT2D eigenvalue weighted by Gasteiger charge is 2.35. The van der Waals surface area contributed by atoms with E-state index in [1.165, 1.54) is 0 Å². The highest BCUT2D eigenvalue weighted by molar-refractivity contribution is 7.80. The number of carbonyl (C=O) groups is 1. The summed E-state index contributed by atoms with van der Waals surface area (Å²) in [5, 5.41) is 10.2. The van der Waals surface area contributed by atoms with Gasteiger partial charge in [0, 0.05) is 48.6 Å². The van der Waals surface area contributed by atoms with Crippen molar-refractivity contribution in [3.63, 3.8) is 0 Å². The molecule has 0 aliphatic carbocycles. The predicted molar refractivity (Wildman–Crippen MR) is 185 cm³/mol. The number of para-hydroxylation sites is 2. The number of ether oxygens (including phenoxy) is 2. The summed E-state index contributed by atoms with van der Waals surface area (Å²) in [5.41, 5.74) is 6.54. The summed E-state index contributed by atoms with van der Waals surface area (Å²) in [6, 6.07) is 25.0. The molecular formula is C36H37N5O4S. The zero-order chi connectivity index (χ0) is 31.8. The standard InChI is InChI=1S/C36H37N5O4S/c1-22-12-23(2)14-27(13-22)38-36(46)39-29-16-25(35(43)37-17-28-21-44-32-7-3-4-8-33(32)45-28)10-11-31(29)40-18-24-15-26(20-40)30-6-5-9-34(42)41(30)19-24/h3-14,16,24,26,28H,15,17-21H2,1-2H3,(H,37,43)(H2,38,39,46). The molecule has 4 heterocycles. The molecule has 236 valence electrons. The molecule has 3 aliphatic heterocycles. The van der Waals surface area contributed by atoms with Gasteiger partial charge in [0.1, 0.15) is 12.7 Å². The molecule has 1 saturated heterocycles. The van der Waals surface area contributed by atoms with Gasteiger partial charge in [-0.2, -0.15) is 0 Å². The first-order chi connectivity index (χ1) is 22.3. The number of amides is 1. The molecule has 1 fully saturated rings. The van der Waals surface area contributed by atoms with Gasteiger partial charge < -0.3 is 34.9 Å². The molecule has 3 unspecified atom stereocenters. The van der Waals surface area contributed by atoms with Crippen LogP contribution in [0.5, 0.6) is 11.5 Å². The van der Waals surface area contributed by atoms with Gasteiger partial charge in [0.05, 0.1) is 17.9 Å². The monoisotopic (exact) mass is 635 g/mol. The minimum absolute atomic E-state index is 0.0653. The Balaban J connectivity index is 1.12. The van der Waals surface area contributed by atoms with E-state index in [-0.39, 0.29) is 23.5 Å². The zero-order valence-electron chi connectivity index (χ0n) is 25.9. The van der Waals surface area contributed by atoms with Crippen LogP contribution in [0.25, 0.3) is 0 Å². The van der Waals surface area contributed by atoms with Crippen LogP contribution in [0.4, 0.5) is 17.1 Å². The third kappa shape index (κ3) is 6.30. The lowest BCUT2D eigenvalue weighted by Crippen LogP contribution is -2.47. The van der Waals surface area contributed by atoms with Crippen molar-refractivity contribution in [1.29, 1.82) is 0 Å². The molecule has 46 heavy (non-hydrogen) atoms. The summed E-state index contributed by atoms with van der Waals surface area (Å²) >= 11 is 5.78. The summed E-state index contributed by atoms with van der Waals surface area (Å²) in [6.45, 7) is 7.03. The fraction of sp³-hybridized carbons (Fsp3) is 0.306. The average molecular weight is 636 g/mol. The maximum atomic E-state index is 13.4. The van der Waals surface area contributed by atoms with Crippen LogP contribution in [0.1, 0.15) is 39.5 Å². The molecule has 4 aromatic rings. The van der Waals surface area contributed by atoms with Gasteiger partial charge >= 0.3 is 0 Å². The first-order valence-electron chi connectivity index (χ1n) is 15.7. The summed E-state index contributed by atoms with van der Waals surface area (Å²) < 4.78 is 13.8. The molecule has 2 bridgehead atoms. The molecule has 7 rings (SSSR count). The molecule has 0 spiro atoms. The number of aryl methyl sites for hydroxylation is 2. The smallest absolute Gasteiger partial charge is 0.251 e. The maximum Gasteiger partial charge on any atom is 0.251 e. The largest absolute Gasteiger partial charge is 0.486 e. The number of aromatic nitrogens is 1. The molecule has 1 amide bonds. The quantitative estimate of drug-likeness (QED) is 0.240. The number of fused-ring (bicyclic) bond motifs is 5. The van der Waals surface area contributed by atoms with Crippen molar-refractivity contribution in [2.45, 2.75) is 38.8 Å². The fourth-order valence-electron chi connectivity index (χ4n) is 6.95. The van der Waals surface area contributed by atoms with Crippen molar-refractivity contribution in [2.24, 2.45) is 5.92 Å². The number of nitrogens with one attached hydrogen (secondary N) is 3. The summed E-state index contributed by atoms with van der Waals surface area (Å²) in [5.74, 6) is 1.74. The molecular weight excluding hydrogens is 598 g/mol. The van der Waals surface area contributed by atoms with E-state index >= 15 is 0 Å². The molecule has 0 saturated carbocycles. The number of nitrogens with zero attached hydrogens (tertiary/aromatic N) is 2. The Kier molecular flexibility index (Phi) is 8.12. The van der Waals surface area contributed by atoms with E-state index in [0.29, 0.717) is 47.8 Å². The number of piperidine rings is 1. The average Bonchev–Trinajstić information content (AvgIpc) is 3.03. The summed E-state index contributed by atoms with van der Waals surface area (Å²) in [7, 11) is 0. The minimum atomic E-state index is -0.298. The lowest BCUT2D eigenvalue weighted by molar-refractivity contribution is 0.0789. The number of rotatable bonds is 6. The lowest BCUT2D eigenvalue weighted by Gasteiger charge is -2.44. The van der Waals surface area contributed by atoms with Gasteiger partial charge in [0.2, 0.25) is 0 Å². The molecule has 1 aromatic heterocycles. The van der Waals surface area contributed by atoms with E-state index in [4.69, 9.17) is 21.7 Å². The van der Waals surface area contributed by atoms with Crippen molar-refractivity contribution in [3.8, 4) is 11.5 Å². The van der Waals surface area contributed by atoms with Crippen LogP contribution in [0.3, 0.4) is 0 Å². The van der Waals surface area contributed by atoms with Gasteiger partial charge in [0.25, 0.3) is 11.5 Å². The summed E-state index contributed by atoms with van der Waals surface area (Å²) in [6.07, 6.45) is 0.751. The highest BCUT2D eigenvalue weighted by atomic mass is 32.1. The zero-order valence-corrected chi connectivity index (χ0v) is 26.7. The molecule has 0 radical (unpaired) electrons. The predicted octanol–water partition coefficient (Wildman–Crippen LogP) is 5.47. The van der Waals surface area contributed by atoms with Crippen molar-refractivity contribution >= 4 is 40.3 Å². The number of hydrogen-bond acceptors (Lipinski definition) is 6. The number of hydrogen-bond donors (Lipinski definition) is 3. The van der Waals surface area contributed by atoms with E-state index < -0.39 is 0 Å². The second-order valence-corrected chi connectivity index (χ2v) is 12.9. The second kappa shape index (κ2) is 12.5. The van der Waals surface area contributed by atoms with E-state index in [1.54, 1.807) is 6.07 Å². The molecule has 3 N–H and O–H groups in total. The second-order valence-electron chi connectivity index (χ2n) is 12.5. The molecule has 9 nitrogen and oxygen atoms in total. The SMILES string of the molecule is Cc1cc(C)cc(NC(=S)Nc2cc(C(=O)NCC3COc4ccccc4O3)ccc2N2CC3CC(C2)c2cccc(=O)n2C3)c1. The number of anilines is 3. The van der Waals surface area contributed by atoms with Gasteiger partial charge in [-0.1, -0.05) is 24.3 Å². The van der Waals surface area contributed by atoms with Crippen molar-refractivity contribution in [3.05, 3.63) is 112 Å². The summed E-state index contributed by atoms with van der Waals surface area (Å²) in [4.78, 5) is 28.4. The van der Waals surface area contributed by atoms with E-state index in [1.807, 2.05) is 65.2 Å². The van der Waals surface area contributed by atoms with Crippen molar-refractivity contribution in [2.75, 3.05) is 41.8 Å². The van der Waals surface area contributed by atoms with Gasteiger partial charge in [-0.05, 0) is 98.1 Å². The van der Waals surface area contributed by atoms with Crippen LogP contribution in [0, 0.1) is 19.8 Å². The number of pyridine rings is 1. The molecule has 3 aromatic carbocycles. The van der Waals surface area contributed by atoms with Crippen LogP contribution in [0.2, 0.25) is 0 Å². The molecule has 10 heteroatoms. The van der Waals surface area contributed by atoms with E-state index in [9.17, 15) is 9.59 Å². The van der Waals surface area contributed by atoms with Crippen molar-refractivity contribution in [1.82, 2.24) is 9.88 Å². The highest BCUT2D eigenvalue weighted by Crippen LogP contribution is 2.39. The minimum Gasteiger partial charge on any atom is -0.486 e. The third-order valence-corrected chi connectivity index (χ3v) is 9.07. The van der Waals surface area contributed by atoms with Crippen molar-refractivity contribution < 1.29 is 14.3 Å². The van der Waals surface area contributed by atoms with Gasteiger partial charge in [-0.25, -0.2) is 0 Å². The number of carbonyl (C=O) groups excluding carboxylic acids is 1. The Morgan fingerprint density at radius 2 is 1.72 bits per heavy atom. The Morgan fingerprint density at radius 1 is 0.913 bits per heavy atom. The Morgan fingerprint density at radius 3 is 2.54 bits per heavy atom. The number of thiocarbonyl (C=S) groups is 1. The topological polar surface area (TPSA) is 96.9 Å². The van der Waals surface area contributed by atoms with Crippen LogP contribution < -0.4 is 35.9 Å². The van der Waals surface area contributed by atoms with Crippen LogP contribution >= 0.6 is 12.2 Å². The van der Waals surface area contributed by atoms with Crippen LogP contribution in [-0.2, 0) is 6.54 Å². The van der Waals surface area contributed by atoms with Crippen LogP contribution in [-0.4, -0.2) is 47.9 Å². The third-order valence-electron chi connectivity index (χ3n) is 8.86. The fourth-order valence-corrected chi connectivity index (χ4v) is 7.18. The Labute approximate surface area is 273 Å². The van der Waals surface area contributed by atoms with Gasteiger partial charge in [-0.3, -0.25) is 9.59 Å². The lowest BCUT2D eigenvalue weighted by atomic mass is 9.83. The maximum absolute atomic E-state index is 13.4. The van der Waals surface area contributed by atoms with Crippen LogP contribution in [0.15, 0.2) is 83.7 Å².